The van der Waals surface area contributed by atoms with E-state index in [0.29, 0.717) is 36.6 Å². The minimum Gasteiger partial charge on any atom is -0.444 e. The number of nitrogens with zero attached hydrogens (tertiary/aromatic N) is 3. The topological polar surface area (TPSA) is 66.4 Å². The van der Waals surface area contributed by atoms with Crippen LogP contribution in [0.2, 0.25) is 0 Å². The lowest BCUT2D eigenvalue weighted by Gasteiger charge is -2.63. The molecule has 1 N–H and O–H groups in total. The van der Waals surface area contributed by atoms with Gasteiger partial charge in [-0.15, -0.1) is 0 Å². The van der Waals surface area contributed by atoms with Crippen molar-refractivity contribution in [2.75, 3.05) is 32.8 Å². The molecule has 1 spiro atoms. The molecule has 4 fully saturated rings. The number of nitrogens with one attached hydrogen (secondary N) is 1. The monoisotopic (exact) mass is 376 g/mol. The molecule has 5 aliphatic rings. The van der Waals surface area contributed by atoms with Crippen LogP contribution >= 0.6 is 0 Å². The summed E-state index contributed by atoms with van der Waals surface area (Å²) >= 11 is 0. The molecule has 150 valence electrons. The van der Waals surface area contributed by atoms with Gasteiger partial charge in [-0.1, -0.05) is 6.42 Å². The summed E-state index contributed by atoms with van der Waals surface area (Å²) in [7, 11) is 0. The second-order valence-corrected chi connectivity index (χ2v) is 9.89. The second-order valence-electron chi connectivity index (χ2n) is 9.89. The normalized spacial score (nSPS) is 36.5. The number of aliphatic imine (C=N–C) groups is 1. The molecule has 7 heteroatoms. The lowest BCUT2D eigenvalue weighted by atomic mass is 9.46. The Bertz CT molecular complexity index is 654. The zero-order chi connectivity index (χ0) is 18.8. The highest BCUT2D eigenvalue weighted by atomic mass is 16.6. The molecule has 4 unspecified atom stereocenters. The summed E-state index contributed by atoms with van der Waals surface area (Å²) in [6.45, 7) is 9.61. The van der Waals surface area contributed by atoms with E-state index in [1.54, 1.807) is 0 Å². The molecule has 0 radical (unpaired) electrons. The highest BCUT2D eigenvalue weighted by Crippen LogP contribution is 2.62. The number of fused-ring (bicyclic) bond motifs is 3. The third-order valence-electron chi connectivity index (χ3n) is 7.18. The molecular formula is C20H32N4O3. The number of rotatable bonds is 1. The molecule has 7 nitrogen and oxygen atoms in total. The van der Waals surface area contributed by atoms with E-state index >= 15 is 0 Å². The van der Waals surface area contributed by atoms with Crippen LogP contribution < -0.4 is 5.32 Å². The van der Waals surface area contributed by atoms with Crippen LogP contribution in [0.4, 0.5) is 4.79 Å². The Kier molecular flexibility index (Phi) is 3.91. The van der Waals surface area contributed by atoms with E-state index in [1.165, 1.54) is 25.7 Å². The molecule has 4 atom stereocenters. The van der Waals surface area contributed by atoms with Gasteiger partial charge < -0.3 is 24.6 Å². The summed E-state index contributed by atoms with van der Waals surface area (Å²) in [5, 5.41) is 3.82. The van der Waals surface area contributed by atoms with Crippen molar-refractivity contribution in [2.45, 2.75) is 70.2 Å². The van der Waals surface area contributed by atoms with E-state index < -0.39 is 5.60 Å². The smallest absolute Gasteiger partial charge is 0.410 e. The quantitative estimate of drug-likeness (QED) is 0.756. The number of hydrogen-bond donors (Lipinski definition) is 1. The van der Waals surface area contributed by atoms with Crippen molar-refractivity contribution >= 4 is 12.1 Å². The molecule has 2 saturated heterocycles. The predicted octanol–water partition coefficient (Wildman–Crippen LogP) is 1.82. The van der Waals surface area contributed by atoms with Gasteiger partial charge in [-0.2, -0.15) is 0 Å². The van der Waals surface area contributed by atoms with Crippen molar-refractivity contribution in [1.82, 2.24) is 15.1 Å². The Balaban J connectivity index is 1.21. The summed E-state index contributed by atoms with van der Waals surface area (Å²) in [4.78, 5) is 21.4. The van der Waals surface area contributed by atoms with E-state index in [-0.39, 0.29) is 12.1 Å². The number of carbonyl (C=O) groups is 1. The first-order valence-electron chi connectivity index (χ1n) is 10.5. The van der Waals surface area contributed by atoms with E-state index in [0.717, 1.165) is 25.7 Å². The summed E-state index contributed by atoms with van der Waals surface area (Å²) in [5.41, 5.74) is -0.0889. The number of ether oxygens (including phenoxy) is 2. The van der Waals surface area contributed by atoms with E-state index in [1.807, 2.05) is 25.7 Å². The van der Waals surface area contributed by atoms with Crippen molar-refractivity contribution in [1.29, 1.82) is 0 Å². The van der Waals surface area contributed by atoms with Gasteiger partial charge in [0, 0.05) is 43.6 Å². The Labute approximate surface area is 161 Å². The fraction of sp³-hybridized carbons (Fsp3) is 0.900. The van der Waals surface area contributed by atoms with Gasteiger partial charge in [0.25, 0.3) is 0 Å². The van der Waals surface area contributed by atoms with Gasteiger partial charge >= 0.3 is 6.09 Å². The summed E-state index contributed by atoms with van der Waals surface area (Å²) in [6, 6.07) is 0.780. The Morgan fingerprint density at radius 1 is 1.33 bits per heavy atom. The molecule has 0 bridgehead atoms. The van der Waals surface area contributed by atoms with Crippen LogP contribution in [0.3, 0.4) is 0 Å². The van der Waals surface area contributed by atoms with E-state index in [2.05, 4.69) is 10.2 Å². The maximum atomic E-state index is 12.4. The molecule has 27 heavy (non-hydrogen) atoms. The van der Waals surface area contributed by atoms with Gasteiger partial charge in [0.1, 0.15) is 5.60 Å². The van der Waals surface area contributed by atoms with Crippen LogP contribution in [0.15, 0.2) is 4.99 Å². The van der Waals surface area contributed by atoms with Crippen LogP contribution in [0, 0.1) is 11.3 Å². The third kappa shape index (κ3) is 2.72. The summed E-state index contributed by atoms with van der Waals surface area (Å²) < 4.78 is 11.6. The number of amides is 1. The van der Waals surface area contributed by atoms with Crippen molar-refractivity contribution in [3.05, 3.63) is 0 Å². The summed E-state index contributed by atoms with van der Waals surface area (Å²) in [6.07, 6.45) is 5.35. The molecule has 2 aliphatic carbocycles. The van der Waals surface area contributed by atoms with Crippen molar-refractivity contribution in [3.8, 4) is 0 Å². The van der Waals surface area contributed by atoms with Crippen LogP contribution in [-0.4, -0.2) is 78.4 Å². The zero-order valence-electron chi connectivity index (χ0n) is 16.7. The zero-order valence-corrected chi connectivity index (χ0v) is 16.7. The van der Waals surface area contributed by atoms with Crippen LogP contribution in [-0.2, 0) is 9.47 Å². The van der Waals surface area contributed by atoms with E-state index in [4.69, 9.17) is 14.5 Å². The minimum absolute atomic E-state index is 0.207. The van der Waals surface area contributed by atoms with Crippen LogP contribution in [0.5, 0.6) is 0 Å². The standard InChI is InChI=1S/C20H32N4O3/c1-19(2,3)27-18(25)23-8-9-24-13(12-23)11-21-17(24)22-15-14-5-10-26-16(14)20(15)6-4-7-20/h13-16H,4-12H2,1-3H3,(H,21,22). The Morgan fingerprint density at radius 2 is 2.15 bits per heavy atom. The molecule has 3 heterocycles. The highest BCUT2D eigenvalue weighted by Gasteiger charge is 2.67. The SMILES string of the molecule is CC(C)(C)OC(=O)N1CCN2C(NC3C4CCOC4C34CCC4)=NCC2C1. The van der Waals surface area contributed by atoms with Gasteiger partial charge in [-0.25, -0.2) is 4.79 Å². The van der Waals surface area contributed by atoms with Gasteiger partial charge in [0.05, 0.1) is 18.7 Å². The third-order valence-corrected chi connectivity index (χ3v) is 7.18. The number of hydrogen-bond acceptors (Lipinski definition) is 6. The fourth-order valence-electron chi connectivity index (χ4n) is 5.79. The molecule has 0 aromatic rings. The van der Waals surface area contributed by atoms with Crippen molar-refractivity contribution < 1.29 is 14.3 Å². The lowest BCUT2D eigenvalue weighted by Crippen LogP contribution is -2.73. The number of guanidine groups is 1. The average Bonchev–Trinajstić information content (AvgIpc) is 3.14. The Morgan fingerprint density at radius 3 is 2.85 bits per heavy atom. The minimum atomic E-state index is -0.450. The molecule has 1 amide bonds. The number of carbonyl (C=O) groups excluding carboxylic acids is 1. The predicted molar refractivity (Wildman–Crippen MR) is 102 cm³/mol. The van der Waals surface area contributed by atoms with Crippen molar-refractivity contribution in [2.24, 2.45) is 16.3 Å². The highest BCUT2D eigenvalue weighted by molar-refractivity contribution is 5.83. The first-order chi connectivity index (χ1) is 12.9. The molecule has 2 saturated carbocycles. The average molecular weight is 377 g/mol. The largest absolute Gasteiger partial charge is 0.444 e. The number of piperazine rings is 1. The molecule has 0 aromatic heterocycles. The van der Waals surface area contributed by atoms with Gasteiger partial charge in [-0.05, 0) is 40.0 Å². The van der Waals surface area contributed by atoms with Gasteiger partial charge in [0.2, 0.25) is 0 Å². The fourth-order valence-corrected chi connectivity index (χ4v) is 5.79. The second kappa shape index (κ2) is 6.00. The molecule has 0 aromatic carbocycles. The maximum Gasteiger partial charge on any atom is 0.410 e. The Hall–Kier alpha value is -1.50. The first kappa shape index (κ1) is 17.6. The molecular weight excluding hydrogens is 344 g/mol. The molecule has 3 aliphatic heterocycles. The maximum absolute atomic E-state index is 12.4. The lowest BCUT2D eigenvalue weighted by molar-refractivity contribution is -0.171. The first-order valence-corrected chi connectivity index (χ1v) is 10.5. The van der Waals surface area contributed by atoms with Crippen molar-refractivity contribution in [3.63, 3.8) is 0 Å². The van der Waals surface area contributed by atoms with Crippen LogP contribution in [0.1, 0.15) is 46.5 Å². The van der Waals surface area contributed by atoms with Gasteiger partial charge in [-0.3, -0.25) is 4.99 Å². The van der Waals surface area contributed by atoms with Gasteiger partial charge in [0.15, 0.2) is 5.96 Å². The summed E-state index contributed by atoms with van der Waals surface area (Å²) in [5.74, 6) is 1.69. The molecule has 5 rings (SSSR count). The van der Waals surface area contributed by atoms with E-state index in [9.17, 15) is 4.79 Å². The van der Waals surface area contributed by atoms with Crippen LogP contribution in [0.25, 0.3) is 0 Å².